The van der Waals surface area contributed by atoms with Gasteiger partial charge in [0.1, 0.15) is 5.75 Å². The van der Waals surface area contributed by atoms with Gasteiger partial charge in [-0.05, 0) is 54.1 Å². The van der Waals surface area contributed by atoms with E-state index in [0.717, 1.165) is 25.5 Å². The molecule has 0 saturated carbocycles. The first-order valence-electron chi connectivity index (χ1n) is 10.1. The summed E-state index contributed by atoms with van der Waals surface area (Å²) in [6, 6.07) is 25.3. The van der Waals surface area contributed by atoms with Crippen LogP contribution < -0.4 is 10.1 Å². The summed E-state index contributed by atoms with van der Waals surface area (Å²) in [7, 11) is 0. The molecular weight excluding hydrogens is 568 g/mol. The lowest BCUT2D eigenvalue weighted by Crippen LogP contribution is -2.29. The number of para-hydroxylation sites is 1. The Balaban J connectivity index is 1.46. The first kappa shape index (κ1) is 23.5. The van der Waals surface area contributed by atoms with Gasteiger partial charge in [0.25, 0.3) is 5.91 Å². The number of thioether (sulfide) groups is 1. The molecule has 33 heavy (non-hydrogen) atoms. The topological polar surface area (TPSA) is 69.0 Å². The van der Waals surface area contributed by atoms with Gasteiger partial charge >= 0.3 is 0 Å². The van der Waals surface area contributed by atoms with Crippen molar-refractivity contribution in [2.24, 2.45) is 0 Å². The number of halogens is 2. The quantitative estimate of drug-likeness (QED) is 0.251. The van der Waals surface area contributed by atoms with E-state index < -0.39 is 0 Å². The second kappa shape index (κ2) is 11.5. The molecule has 1 heterocycles. The SMILES string of the molecule is O=C(COc1ccccc1)NCc1nnc(SCc2ccc(Br)cc2)n1-c1ccc(Br)cc1. The van der Waals surface area contributed by atoms with E-state index in [4.69, 9.17) is 4.74 Å². The van der Waals surface area contributed by atoms with Gasteiger partial charge in [0.15, 0.2) is 17.6 Å². The largest absolute Gasteiger partial charge is 0.484 e. The Bertz CT molecular complexity index is 1200. The Kier molecular flexibility index (Phi) is 8.20. The molecule has 3 aromatic carbocycles. The van der Waals surface area contributed by atoms with Crippen molar-refractivity contribution in [1.82, 2.24) is 20.1 Å². The molecular formula is C24H20Br2N4O2S. The molecule has 0 aliphatic carbocycles. The van der Waals surface area contributed by atoms with Crippen molar-refractivity contribution < 1.29 is 9.53 Å². The molecule has 4 aromatic rings. The second-order valence-corrected chi connectivity index (χ2v) is 9.78. The molecule has 0 saturated heterocycles. The fourth-order valence-corrected chi connectivity index (χ4v) is 4.44. The second-order valence-electron chi connectivity index (χ2n) is 7.00. The molecule has 168 valence electrons. The number of aromatic nitrogens is 3. The molecule has 0 radical (unpaired) electrons. The number of carbonyl (C=O) groups excluding carboxylic acids is 1. The summed E-state index contributed by atoms with van der Waals surface area (Å²) in [6.07, 6.45) is 0. The highest BCUT2D eigenvalue weighted by Gasteiger charge is 2.16. The highest BCUT2D eigenvalue weighted by Crippen LogP contribution is 2.26. The van der Waals surface area contributed by atoms with Gasteiger partial charge in [-0.2, -0.15) is 0 Å². The lowest BCUT2D eigenvalue weighted by molar-refractivity contribution is -0.123. The van der Waals surface area contributed by atoms with Crippen molar-refractivity contribution in [2.75, 3.05) is 6.61 Å². The number of benzene rings is 3. The Labute approximate surface area is 213 Å². The maximum Gasteiger partial charge on any atom is 0.258 e. The van der Waals surface area contributed by atoms with Crippen molar-refractivity contribution in [1.29, 1.82) is 0 Å². The summed E-state index contributed by atoms with van der Waals surface area (Å²) in [5.41, 5.74) is 2.10. The van der Waals surface area contributed by atoms with Crippen LogP contribution >= 0.6 is 43.6 Å². The highest BCUT2D eigenvalue weighted by molar-refractivity contribution is 9.10. The molecule has 1 N–H and O–H groups in total. The van der Waals surface area contributed by atoms with Crippen LogP contribution in [-0.2, 0) is 17.1 Å². The van der Waals surface area contributed by atoms with E-state index >= 15 is 0 Å². The molecule has 0 fully saturated rings. The Morgan fingerprint density at radius 3 is 2.27 bits per heavy atom. The van der Waals surface area contributed by atoms with Crippen LogP contribution in [0.2, 0.25) is 0 Å². The molecule has 4 rings (SSSR count). The third kappa shape index (κ3) is 6.69. The highest BCUT2D eigenvalue weighted by atomic mass is 79.9. The fraction of sp³-hybridized carbons (Fsp3) is 0.125. The number of carbonyl (C=O) groups is 1. The predicted octanol–water partition coefficient (Wildman–Crippen LogP) is 5.78. The number of hydrogen-bond donors (Lipinski definition) is 1. The van der Waals surface area contributed by atoms with E-state index in [-0.39, 0.29) is 19.1 Å². The van der Waals surface area contributed by atoms with Crippen molar-refractivity contribution in [3.63, 3.8) is 0 Å². The Morgan fingerprint density at radius 1 is 0.909 bits per heavy atom. The van der Waals surface area contributed by atoms with E-state index in [9.17, 15) is 4.79 Å². The van der Waals surface area contributed by atoms with Crippen LogP contribution in [0.5, 0.6) is 5.75 Å². The summed E-state index contributed by atoms with van der Waals surface area (Å²) in [5, 5.41) is 12.4. The third-order valence-electron chi connectivity index (χ3n) is 4.62. The molecule has 1 amide bonds. The molecule has 6 nitrogen and oxygen atoms in total. The van der Waals surface area contributed by atoms with Gasteiger partial charge in [0.05, 0.1) is 6.54 Å². The molecule has 0 aliphatic rings. The summed E-state index contributed by atoms with van der Waals surface area (Å²) in [6.45, 7) is 0.167. The van der Waals surface area contributed by atoms with Crippen LogP contribution in [0.4, 0.5) is 0 Å². The number of amides is 1. The van der Waals surface area contributed by atoms with E-state index in [2.05, 4.69) is 59.5 Å². The maximum atomic E-state index is 12.3. The van der Waals surface area contributed by atoms with Crippen LogP contribution in [0.3, 0.4) is 0 Å². The molecule has 0 aliphatic heterocycles. The predicted molar refractivity (Wildman–Crippen MR) is 137 cm³/mol. The van der Waals surface area contributed by atoms with Gasteiger partial charge in [-0.3, -0.25) is 9.36 Å². The minimum absolute atomic E-state index is 0.0678. The summed E-state index contributed by atoms with van der Waals surface area (Å²) < 4.78 is 9.51. The minimum atomic E-state index is -0.228. The maximum absolute atomic E-state index is 12.3. The van der Waals surface area contributed by atoms with Gasteiger partial charge in [0, 0.05) is 20.4 Å². The number of hydrogen-bond acceptors (Lipinski definition) is 5. The summed E-state index contributed by atoms with van der Waals surface area (Å²) in [4.78, 5) is 12.3. The first-order valence-corrected chi connectivity index (χ1v) is 12.7. The smallest absolute Gasteiger partial charge is 0.258 e. The van der Waals surface area contributed by atoms with E-state index in [1.807, 2.05) is 71.3 Å². The minimum Gasteiger partial charge on any atom is -0.484 e. The van der Waals surface area contributed by atoms with Gasteiger partial charge in [-0.25, -0.2) is 0 Å². The summed E-state index contributed by atoms with van der Waals surface area (Å²) >= 11 is 8.54. The zero-order valence-electron chi connectivity index (χ0n) is 17.4. The van der Waals surface area contributed by atoms with Crippen LogP contribution in [0.25, 0.3) is 5.69 Å². The van der Waals surface area contributed by atoms with Gasteiger partial charge in [-0.1, -0.05) is 74.0 Å². The van der Waals surface area contributed by atoms with Gasteiger partial charge in [0.2, 0.25) is 0 Å². The Hall–Kier alpha value is -2.62. The number of nitrogens with one attached hydrogen (secondary N) is 1. The third-order valence-corrected chi connectivity index (χ3v) is 6.68. The van der Waals surface area contributed by atoms with Gasteiger partial charge < -0.3 is 10.1 Å². The number of nitrogens with zero attached hydrogens (tertiary/aromatic N) is 3. The van der Waals surface area contributed by atoms with Crippen LogP contribution in [0.1, 0.15) is 11.4 Å². The molecule has 0 bridgehead atoms. The Morgan fingerprint density at radius 2 is 1.58 bits per heavy atom. The number of rotatable bonds is 9. The van der Waals surface area contributed by atoms with E-state index in [0.29, 0.717) is 11.6 Å². The van der Waals surface area contributed by atoms with Gasteiger partial charge in [-0.15, -0.1) is 10.2 Å². The number of ether oxygens (including phenoxy) is 1. The zero-order valence-corrected chi connectivity index (χ0v) is 21.4. The average molecular weight is 588 g/mol. The average Bonchev–Trinajstić information content (AvgIpc) is 3.25. The molecule has 0 atom stereocenters. The normalized spacial score (nSPS) is 10.7. The lowest BCUT2D eigenvalue weighted by atomic mass is 10.2. The lowest BCUT2D eigenvalue weighted by Gasteiger charge is -2.12. The summed E-state index contributed by atoms with van der Waals surface area (Å²) in [5.74, 6) is 1.81. The van der Waals surface area contributed by atoms with E-state index in [1.54, 1.807) is 11.8 Å². The van der Waals surface area contributed by atoms with Crippen LogP contribution in [0, 0.1) is 0 Å². The van der Waals surface area contributed by atoms with Crippen LogP contribution in [-0.4, -0.2) is 27.3 Å². The molecule has 1 aromatic heterocycles. The van der Waals surface area contributed by atoms with Crippen molar-refractivity contribution >= 4 is 49.5 Å². The zero-order chi connectivity index (χ0) is 23.0. The molecule has 0 spiro atoms. The fourth-order valence-electron chi connectivity index (χ4n) is 2.98. The molecule has 9 heteroatoms. The van der Waals surface area contributed by atoms with Crippen LogP contribution in [0.15, 0.2) is 93.0 Å². The monoisotopic (exact) mass is 586 g/mol. The van der Waals surface area contributed by atoms with Crippen molar-refractivity contribution in [2.45, 2.75) is 17.5 Å². The van der Waals surface area contributed by atoms with E-state index in [1.165, 1.54) is 5.56 Å². The molecule has 0 unspecified atom stereocenters. The van der Waals surface area contributed by atoms with Crippen molar-refractivity contribution in [3.8, 4) is 11.4 Å². The standard InChI is InChI=1S/C24H20Br2N4O2S/c25-18-8-6-17(7-9-18)16-33-24-29-28-22(30(24)20-12-10-19(26)11-13-20)14-27-23(31)15-32-21-4-2-1-3-5-21/h1-13H,14-16H2,(H,27,31). The van der Waals surface area contributed by atoms with Crippen molar-refractivity contribution in [3.05, 3.63) is 99.2 Å². The first-order chi connectivity index (χ1) is 16.1.